The SMILES string of the molecule is CCCC(C)(NC1CCOC(C)C1)C(=O)O. The van der Waals surface area contributed by atoms with Gasteiger partial charge in [0.15, 0.2) is 0 Å². The standard InChI is InChI=1S/C12H23NO3/c1-4-6-12(3,11(14)15)13-10-5-7-16-9(2)8-10/h9-10,13H,4-8H2,1-3H3,(H,14,15). The average Bonchev–Trinajstić information content (AvgIpc) is 2.17. The van der Waals surface area contributed by atoms with Gasteiger partial charge in [0.1, 0.15) is 5.54 Å². The molecule has 4 heteroatoms. The van der Waals surface area contributed by atoms with Crippen LogP contribution in [-0.4, -0.2) is 35.4 Å². The number of hydrogen-bond donors (Lipinski definition) is 2. The van der Waals surface area contributed by atoms with Gasteiger partial charge in [0.2, 0.25) is 0 Å². The first kappa shape index (κ1) is 13.5. The predicted molar refractivity (Wildman–Crippen MR) is 62.5 cm³/mol. The maximum Gasteiger partial charge on any atom is 0.323 e. The zero-order valence-electron chi connectivity index (χ0n) is 10.5. The molecule has 1 rings (SSSR count). The molecule has 0 aromatic carbocycles. The summed E-state index contributed by atoms with van der Waals surface area (Å²) in [5.74, 6) is -0.756. The van der Waals surface area contributed by atoms with Crippen molar-refractivity contribution >= 4 is 5.97 Å². The van der Waals surface area contributed by atoms with Crippen LogP contribution in [0.25, 0.3) is 0 Å². The van der Waals surface area contributed by atoms with Gasteiger partial charge in [-0.1, -0.05) is 13.3 Å². The van der Waals surface area contributed by atoms with Crippen molar-refractivity contribution in [3.63, 3.8) is 0 Å². The van der Waals surface area contributed by atoms with E-state index in [0.717, 1.165) is 25.9 Å². The monoisotopic (exact) mass is 229 g/mol. The molecular formula is C12H23NO3. The van der Waals surface area contributed by atoms with Gasteiger partial charge in [-0.3, -0.25) is 10.1 Å². The summed E-state index contributed by atoms with van der Waals surface area (Å²) >= 11 is 0. The Morgan fingerprint density at radius 1 is 1.62 bits per heavy atom. The van der Waals surface area contributed by atoms with Crippen molar-refractivity contribution in [3.05, 3.63) is 0 Å². The molecule has 0 aromatic rings. The highest BCUT2D eigenvalue weighted by Crippen LogP contribution is 2.19. The third-order valence-electron chi connectivity index (χ3n) is 3.23. The first-order valence-electron chi connectivity index (χ1n) is 6.10. The Labute approximate surface area is 97.4 Å². The third kappa shape index (κ3) is 3.46. The topological polar surface area (TPSA) is 58.6 Å². The number of hydrogen-bond acceptors (Lipinski definition) is 3. The summed E-state index contributed by atoms with van der Waals surface area (Å²) in [7, 11) is 0. The van der Waals surface area contributed by atoms with Crippen LogP contribution in [0, 0.1) is 0 Å². The van der Waals surface area contributed by atoms with Crippen molar-refractivity contribution in [1.82, 2.24) is 5.32 Å². The van der Waals surface area contributed by atoms with E-state index in [0.29, 0.717) is 6.42 Å². The van der Waals surface area contributed by atoms with Crippen LogP contribution < -0.4 is 5.32 Å². The van der Waals surface area contributed by atoms with E-state index in [2.05, 4.69) is 5.32 Å². The highest BCUT2D eigenvalue weighted by molar-refractivity contribution is 5.78. The van der Waals surface area contributed by atoms with Crippen molar-refractivity contribution in [1.29, 1.82) is 0 Å². The van der Waals surface area contributed by atoms with Crippen LogP contribution in [0.5, 0.6) is 0 Å². The van der Waals surface area contributed by atoms with E-state index in [4.69, 9.17) is 4.74 Å². The normalized spacial score (nSPS) is 29.7. The Bertz CT molecular complexity index is 244. The number of rotatable bonds is 5. The van der Waals surface area contributed by atoms with Gasteiger partial charge in [0, 0.05) is 12.6 Å². The van der Waals surface area contributed by atoms with Crippen LogP contribution >= 0.6 is 0 Å². The van der Waals surface area contributed by atoms with Crippen molar-refractivity contribution in [2.75, 3.05) is 6.61 Å². The smallest absolute Gasteiger partial charge is 0.323 e. The minimum Gasteiger partial charge on any atom is -0.480 e. The average molecular weight is 229 g/mol. The molecule has 0 spiro atoms. The van der Waals surface area contributed by atoms with Crippen molar-refractivity contribution in [2.24, 2.45) is 0 Å². The van der Waals surface area contributed by atoms with Crippen LogP contribution in [0.4, 0.5) is 0 Å². The molecule has 0 bridgehead atoms. The molecule has 0 radical (unpaired) electrons. The molecule has 3 unspecified atom stereocenters. The first-order valence-corrected chi connectivity index (χ1v) is 6.10. The molecule has 2 N–H and O–H groups in total. The second-order valence-electron chi connectivity index (χ2n) is 4.93. The maximum atomic E-state index is 11.3. The van der Waals surface area contributed by atoms with Gasteiger partial charge in [-0.25, -0.2) is 0 Å². The van der Waals surface area contributed by atoms with Crippen LogP contribution in [0.3, 0.4) is 0 Å². The fourth-order valence-electron chi connectivity index (χ4n) is 2.32. The van der Waals surface area contributed by atoms with E-state index in [9.17, 15) is 9.90 Å². The number of nitrogens with one attached hydrogen (secondary N) is 1. The molecule has 0 aliphatic carbocycles. The maximum absolute atomic E-state index is 11.3. The lowest BCUT2D eigenvalue weighted by molar-refractivity contribution is -0.145. The number of ether oxygens (including phenoxy) is 1. The van der Waals surface area contributed by atoms with Crippen LogP contribution in [-0.2, 0) is 9.53 Å². The number of carboxylic acid groups (broad SMARTS) is 1. The fraction of sp³-hybridized carbons (Fsp3) is 0.917. The van der Waals surface area contributed by atoms with Gasteiger partial charge < -0.3 is 9.84 Å². The molecule has 0 saturated carbocycles. The van der Waals surface area contributed by atoms with Gasteiger partial charge in [-0.05, 0) is 33.1 Å². The summed E-state index contributed by atoms with van der Waals surface area (Å²) in [6, 6.07) is 0.261. The second-order valence-corrected chi connectivity index (χ2v) is 4.93. The molecule has 1 aliphatic rings. The lowest BCUT2D eigenvalue weighted by Gasteiger charge is -2.35. The molecule has 3 atom stereocenters. The van der Waals surface area contributed by atoms with Crippen molar-refractivity contribution < 1.29 is 14.6 Å². The summed E-state index contributed by atoms with van der Waals surface area (Å²) in [6.45, 7) is 6.54. The van der Waals surface area contributed by atoms with Gasteiger partial charge in [0.25, 0.3) is 0 Å². The first-order chi connectivity index (χ1) is 7.48. The van der Waals surface area contributed by atoms with Crippen LogP contribution in [0.15, 0.2) is 0 Å². The van der Waals surface area contributed by atoms with Crippen LogP contribution in [0.1, 0.15) is 46.5 Å². The molecule has 4 nitrogen and oxygen atoms in total. The summed E-state index contributed by atoms with van der Waals surface area (Å²) in [5, 5.41) is 12.5. The van der Waals surface area contributed by atoms with Crippen molar-refractivity contribution in [3.8, 4) is 0 Å². The molecule has 1 heterocycles. The van der Waals surface area contributed by atoms with Gasteiger partial charge >= 0.3 is 5.97 Å². The quantitative estimate of drug-likeness (QED) is 0.754. The minimum atomic E-state index is -0.795. The molecule has 94 valence electrons. The zero-order valence-corrected chi connectivity index (χ0v) is 10.5. The Balaban J connectivity index is 2.57. The number of aliphatic carboxylic acids is 1. The second kappa shape index (κ2) is 5.64. The van der Waals surface area contributed by atoms with Gasteiger partial charge in [-0.2, -0.15) is 0 Å². The lowest BCUT2D eigenvalue weighted by Crippen LogP contribution is -2.55. The van der Waals surface area contributed by atoms with Crippen molar-refractivity contribution in [2.45, 2.75) is 64.1 Å². The molecule has 0 aromatic heterocycles. The number of carboxylic acids is 1. The summed E-state index contributed by atoms with van der Waals surface area (Å²) in [4.78, 5) is 11.3. The van der Waals surface area contributed by atoms with E-state index >= 15 is 0 Å². The molecule has 1 fully saturated rings. The molecule has 0 amide bonds. The summed E-state index contributed by atoms with van der Waals surface area (Å²) in [5.41, 5.74) is -0.795. The van der Waals surface area contributed by atoms with E-state index in [1.165, 1.54) is 0 Å². The number of carbonyl (C=O) groups is 1. The van der Waals surface area contributed by atoms with E-state index in [1.807, 2.05) is 13.8 Å². The molecule has 1 aliphatic heterocycles. The third-order valence-corrected chi connectivity index (χ3v) is 3.23. The van der Waals surface area contributed by atoms with Gasteiger partial charge in [0.05, 0.1) is 6.10 Å². The Kier molecular flexibility index (Phi) is 4.74. The van der Waals surface area contributed by atoms with Gasteiger partial charge in [-0.15, -0.1) is 0 Å². The highest BCUT2D eigenvalue weighted by Gasteiger charge is 2.35. The van der Waals surface area contributed by atoms with Crippen LogP contribution in [0.2, 0.25) is 0 Å². The molecule has 16 heavy (non-hydrogen) atoms. The minimum absolute atomic E-state index is 0.228. The Morgan fingerprint density at radius 2 is 2.31 bits per heavy atom. The Morgan fingerprint density at radius 3 is 2.81 bits per heavy atom. The fourth-order valence-corrected chi connectivity index (χ4v) is 2.32. The molecule has 1 saturated heterocycles. The lowest BCUT2D eigenvalue weighted by atomic mass is 9.92. The highest BCUT2D eigenvalue weighted by atomic mass is 16.5. The summed E-state index contributed by atoms with van der Waals surface area (Å²) in [6.07, 6.45) is 3.55. The predicted octanol–water partition coefficient (Wildman–Crippen LogP) is 1.79. The largest absolute Gasteiger partial charge is 0.480 e. The zero-order chi connectivity index (χ0) is 12.2. The van der Waals surface area contributed by atoms with E-state index < -0.39 is 11.5 Å². The summed E-state index contributed by atoms with van der Waals surface area (Å²) < 4.78 is 5.46. The van der Waals surface area contributed by atoms with E-state index in [-0.39, 0.29) is 12.1 Å². The molecular weight excluding hydrogens is 206 g/mol. The Hall–Kier alpha value is -0.610. The van der Waals surface area contributed by atoms with E-state index in [1.54, 1.807) is 6.92 Å².